The molecule has 1 aromatic carbocycles. The average Bonchev–Trinajstić information content (AvgIpc) is 2.92. The van der Waals surface area contributed by atoms with E-state index in [-0.39, 0.29) is 17.9 Å². The van der Waals surface area contributed by atoms with E-state index in [0.717, 1.165) is 41.8 Å². The van der Waals surface area contributed by atoms with E-state index < -0.39 is 5.92 Å². The van der Waals surface area contributed by atoms with Crippen LogP contribution in [0.4, 0.5) is 5.69 Å². The number of nitrogens with zero attached hydrogens (tertiary/aromatic N) is 1. The summed E-state index contributed by atoms with van der Waals surface area (Å²) in [5.74, 6) is 0.0336. The average molecular weight is 379 g/mol. The van der Waals surface area contributed by atoms with E-state index in [9.17, 15) is 9.59 Å². The van der Waals surface area contributed by atoms with Crippen molar-refractivity contribution in [3.63, 3.8) is 0 Å². The van der Waals surface area contributed by atoms with Gasteiger partial charge in [0.05, 0.1) is 5.69 Å². The molecule has 124 valence electrons. The molecule has 2 fully saturated rings. The molecule has 5 heteroatoms. The highest BCUT2D eigenvalue weighted by Crippen LogP contribution is 2.32. The van der Waals surface area contributed by atoms with Crippen LogP contribution in [-0.2, 0) is 9.59 Å². The Morgan fingerprint density at radius 2 is 1.87 bits per heavy atom. The Labute approximate surface area is 145 Å². The van der Waals surface area contributed by atoms with Crippen molar-refractivity contribution in [1.82, 2.24) is 5.32 Å². The molecule has 1 unspecified atom stereocenters. The van der Waals surface area contributed by atoms with E-state index in [4.69, 9.17) is 0 Å². The molecular weight excluding hydrogens is 356 g/mol. The standard InChI is InChI=1S/C18H23BrN2O2/c1-12-6-8-13(9-7-12)20-17(22)14-10-11-21(18(14)23)16-5-3-2-4-15(16)19/h2-5,12-14H,6-11H2,1H3,(H,20,22). The van der Waals surface area contributed by atoms with E-state index >= 15 is 0 Å². The molecule has 1 saturated carbocycles. The number of nitrogens with one attached hydrogen (secondary N) is 1. The lowest BCUT2D eigenvalue weighted by Crippen LogP contribution is -2.43. The lowest BCUT2D eigenvalue weighted by atomic mass is 9.87. The number of hydrogen-bond acceptors (Lipinski definition) is 2. The fourth-order valence-corrected chi connectivity index (χ4v) is 4.04. The zero-order valence-corrected chi connectivity index (χ0v) is 15.0. The van der Waals surface area contributed by atoms with Gasteiger partial charge in [0.25, 0.3) is 0 Å². The number of amides is 2. The highest BCUT2D eigenvalue weighted by atomic mass is 79.9. The minimum Gasteiger partial charge on any atom is -0.353 e. The Morgan fingerprint density at radius 3 is 2.57 bits per heavy atom. The molecule has 1 saturated heterocycles. The number of carbonyl (C=O) groups excluding carboxylic acids is 2. The van der Waals surface area contributed by atoms with Crippen LogP contribution in [0.5, 0.6) is 0 Å². The van der Waals surface area contributed by atoms with Crippen molar-refractivity contribution in [3.8, 4) is 0 Å². The molecule has 1 aliphatic heterocycles. The first-order valence-electron chi connectivity index (χ1n) is 8.42. The summed E-state index contributed by atoms with van der Waals surface area (Å²) in [7, 11) is 0. The number of para-hydroxylation sites is 1. The zero-order valence-electron chi connectivity index (χ0n) is 13.4. The van der Waals surface area contributed by atoms with Gasteiger partial charge in [-0.05, 0) is 66.1 Å². The largest absolute Gasteiger partial charge is 0.353 e. The summed E-state index contributed by atoms with van der Waals surface area (Å²) in [5.41, 5.74) is 0.847. The van der Waals surface area contributed by atoms with Crippen LogP contribution in [0.1, 0.15) is 39.0 Å². The topological polar surface area (TPSA) is 49.4 Å². The van der Waals surface area contributed by atoms with E-state index in [1.807, 2.05) is 24.3 Å². The first-order valence-corrected chi connectivity index (χ1v) is 9.22. The molecule has 1 N–H and O–H groups in total. The van der Waals surface area contributed by atoms with Gasteiger partial charge in [0.1, 0.15) is 5.92 Å². The minimum absolute atomic E-state index is 0.0847. The Bertz CT molecular complexity index is 596. The number of halogens is 1. The third-order valence-electron chi connectivity index (χ3n) is 5.03. The SMILES string of the molecule is CC1CCC(NC(=O)C2CCN(c3ccccc3Br)C2=O)CC1. The Balaban J connectivity index is 1.62. The predicted octanol–water partition coefficient (Wildman–Crippen LogP) is 3.50. The first kappa shape index (κ1) is 16.5. The molecule has 2 amide bonds. The quantitative estimate of drug-likeness (QED) is 0.818. The summed E-state index contributed by atoms with van der Waals surface area (Å²) in [6, 6.07) is 7.89. The summed E-state index contributed by atoms with van der Waals surface area (Å²) in [5, 5.41) is 3.10. The van der Waals surface area contributed by atoms with Gasteiger partial charge < -0.3 is 10.2 Å². The van der Waals surface area contributed by atoms with E-state index in [1.54, 1.807) is 4.90 Å². The maximum Gasteiger partial charge on any atom is 0.239 e. The molecule has 1 aromatic rings. The molecule has 1 atom stereocenters. The Hall–Kier alpha value is -1.36. The maximum atomic E-state index is 12.6. The third kappa shape index (κ3) is 3.60. The predicted molar refractivity (Wildman–Crippen MR) is 94.2 cm³/mol. The second kappa shape index (κ2) is 7.04. The van der Waals surface area contributed by atoms with Gasteiger partial charge in [-0.3, -0.25) is 9.59 Å². The fourth-order valence-electron chi connectivity index (χ4n) is 3.54. The molecular formula is C18H23BrN2O2. The second-order valence-corrected chi connectivity index (χ2v) is 7.60. The zero-order chi connectivity index (χ0) is 16.4. The monoisotopic (exact) mass is 378 g/mol. The van der Waals surface area contributed by atoms with Crippen molar-refractivity contribution in [2.24, 2.45) is 11.8 Å². The van der Waals surface area contributed by atoms with Crippen molar-refractivity contribution in [2.45, 2.75) is 45.1 Å². The highest BCUT2D eigenvalue weighted by Gasteiger charge is 2.38. The minimum atomic E-state index is -0.540. The van der Waals surface area contributed by atoms with E-state index in [2.05, 4.69) is 28.2 Å². The normalized spacial score (nSPS) is 28.0. The van der Waals surface area contributed by atoms with Gasteiger partial charge in [-0.15, -0.1) is 0 Å². The smallest absolute Gasteiger partial charge is 0.239 e. The van der Waals surface area contributed by atoms with Crippen molar-refractivity contribution < 1.29 is 9.59 Å². The molecule has 23 heavy (non-hydrogen) atoms. The van der Waals surface area contributed by atoms with Gasteiger partial charge in [0, 0.05) is 17.1 Å². The van der Waals surface area contributed by atoms with Crippen LogP contribution in [0.15, 0.2) is 28.7 Å². The Morgan fingerprint density at radius 1 is 1.17 bits per heavy atom. The van der Waals surface area contributed by atoms with Crippen molar-refractivity contribution in [1.29, 1.82) is 0 Å². The van der Waals surface area contributed by atoms with Crippen LogP contribution >= 0.6 is 15.9 Å². The van der Waals surface area contributed by atoms with Gasteiger partial charge >= 0.3 is 0 Å². The van der Waals surface area contributed by atoms with Crippen LogP contribution < -0.4 is 10.2 Å². The molecule has 3 rings (SSSR count). The molecule has 4 nitrogen and oxygen atoms in total. The van der Waals surface area contributed by atoms with Gasteiger partial charge in [-0.2, -0.15) is 0 Å². The van der Waals surface area contributed by atoms with Crippen LogP contribution in [-0.4, -0.2) is 24.4 Å². The van der Waals surface area contributed by atoms with E-state index in [1.165, 1.54) is 0 Å². The fraction of sp³-hybridized carbons (Fsp3) is 0.556. The molecule has 0 spiro atoms. The molecule has 0 radical (unpaired) electrons. The molecule has 1 aliphatic carbocycles. The van der Waals surface area contributed by atoms with Crippen LogP contribution in [0.25, 0.3) is 0 Å². The summed E-state index contributed by atoms with van der Waals surface area (Å²) < 4.78 is 0.885. The van der Waals surface area contributed by atoms with Crippen molar-refractivity contribution in [3.05, 3.63) is 28.7 Å². The summed E-state index contributed by atoms with van der Waals surface area (Å²) in [6.45, 7) is 2.86. The third-order valence-corrected chi connectivity index (χ3v) is 5.70. The summed E-state index contributed by atoms with van der Waals surface area (Å²) in [4.78, 5) is 26.9. The molecule has 1 heterocycles. The van der Waals surface area contributed by atoms with Gasteiger partial charge in [0.15, 0.2) is 0 Å². The number of anilines is 1. The van der Waals surface area contributed by atoms with Crippen LogP contribution in [0, 0.1) is 11.8 Å². The van der Waals surface area contributed by atoms with Crippen LogP contribution in [0.3, 0.4) is 0 Å². The number of rotatable bonds is 3. The molecule has 0 bridgehead atoms. The highest BCUT2D eigenvalue weighted by molar-refractivity contribution is 9.10. The first-order chi connectivity index (χ1) is 11.1. The molecule has 0 aromatic heterocycles. The number of carbonyl (C=O) groups is 2. The summed E-state index contributed by atoms with van der Waals surface area (Å²) in [6.07, 6.45) is 4.97. The Kier molecular flexibility index (Phi) is 5.05. The second-order valence-electron chi connectivity index (χ2n) is 6.75. The van der Waals surface area contributed by atoms with Gasteiger partial charge in [0.2, 0.25) is 11.8 Å². The van der Waals surface area contributed by atoms with Crippen LogP contribution in [0.2, 0.25) is 0 Å². The maximum absolute atomic E-state index is 12.6. The van der Waals surface area contributed by atoms with Crippen molar-refractivity contribution >= 4 is 33.4 Å². The molecule has 2 aliphatic rings. The van der Waals surface area contributed by atoms with Gasteiger partial charge in [-0.25, -0.2) is 0 Å². The summed E-state index contributed by atoms with van der Waals surface area (Å²) >= 11 is 3.48. The van der Waals surface area contributed by atoms with E-state index in [0.29, 0.717) is 13.0 Å². The van der Waals surface area contributed by atoms with Crippen molar-refractivity contribution in [2.75, 3.05) is 11.4 Å². The van der Waals surface area contributed by atoms with Gasteiger partial charge in [-0.1, -0.05) is 19.1 Å². The number of benzene rings is 1. The number of hydrogen-bond donors (Lipinski definition) is 1. The lowest BCUT2D eigenvalue weighted by molar-refractivity contribution is -0.132. The lowest BCUT2D eigenvalue weighted by Gasteiger charge is -2.27.